The molecule has 1 fully saturated rings. The number of hydrogen-bond acceptors (Lipinski definition) is 1. The molecule has 3 atom stereocenters. The Morgan fingerprint density at radius 2 is 1.78 bits per heavy atom. The summed E-state index contributed by atoms with van der Waals surface area (Å²) in [5.74, 6) is 2.19. The summed E-state index contributed by atoms with van der Waals surface area (Å²) >= 11 is 6.20. The molecule has 1 aliphatic carbocycles. The molecule has 1 saturated carbocycles. The highest BCUT2D eigenvalue weighted by Crippen LogP contribution is 2.39. The molecule has 18 heavy (non-hydrogen) atoms. The van der Waals surface area contributed by atoms with Crippen LogP contribution in [-0.4, -0.2) is 0 Å². The molecule has 2 heteroatoms. The van der Waals surface area contributed by atoms with Gasteiger partial charge in [-0.1, -0.05) is 37.6 Å². The lowest BCUT2D eigenvalue weighted by atomic mass is 9.72. The molecule has 1 nitrogen and oxygen atoms in total. The van der Waals surface area contributed by atoms with Gasteiger partial charge in [-0.3, -0.25) is 0 Å². The van der Waals surface area contributed by atoms with Crippen molar-refractivity contribution < 1.29 is 0 Å². The van der Waals surface area contributed by atoms with Gasteiger partial charge < -0.3 is 5.73 Å². The smallest absolute Gasteiger partial charge is 0.0438 e. The molecule has 0 bridgehead atoms. The van der Waals surface area contributed by atoms with Crippen molar-refractivity contribution >= 4 is 11.6 Å². The van der Waals surface area contributed by atoms with E-state index in [2.05, 4.69) is 26.0 Å². The van der Waals surface area contributed by atoms with Crippen LogP contribution in [-0.2, 0) is 0 Å². The van der Waals surface area contributed by atoms with E-state index in [1.807, 2.05) is 13.0 Å². The molecule has 0 radical (unpaired) electrons. The first-order chi connectivity index (χ1) is 8.47. The number of halogens is 1. The molecule has 1 aliphatic rings. The maximum atomic E-state index is 6.45. The van der Waals surface area contributed by atoms with Crippen molar-refractivity contribution in [2.24, 2.45) is 23.5 Å². The summed E-state index contributed by atoms with van der Waals surface area (Å²) in [6.07, 6.45) is 3.84. The molecule has 0 aliphatic heterocycles. The van der Waals surface area contributed by atoms with Gasteiger partial charge in [-0.25, -0.2) is 0 Å². The minimum Gasteiger partial charge on any atom is -0.324 e. The normalized spacial score (nSPS) is 30.2. The summed E-state index contributed by atoms with van der Waals surface area (Å²) in [5.41, 5.74) is 8.77. The van der Waals surface area contributed by atoms with E-state index >= 15 is 0 Å². The predicted molar refractivity (Wildman–Crippen MR) is 78.8 cm³/mol. The zero-order valence-corrected chi connectivity index (χ0v) is 12.4. The lowest BCUT2D eigenvalue weighted by Crippen LogP contribution is -2.29. The zero-order chi connectivity index (χ0) is 13.3. The SMILES string of the molecule is Cc1ccc(C(N)C2CC(C)CC(C)C2)cc1Cl. The minimum atomic E-state index is 0.133. The number of aryl methyl sites for hydroxylation is 1. The van der Waals surface area contributed by atoms with Crippen molar-refractivity contribution in [3.05, 3.63) is 34.3 Å². The summed E-state index contributed by atoms with van der Waals surface area (Å²) < 4.78 is 0. The Kier molecular flexibility index (Phi) is 4.34. The van der Waals surface area contributed by atoms with Crippen LogP contribution in [0.3, 0.4) is 0 Å². The minimum absolute atomic E-state index is 0.133. The third kappa shape index (κ3) is 3.07. The number of rotatable bonds is 2. The van der Waals surface area contributed by atoms with E-state index in [-0.39, 0.29) is 6.04 Å². The van der Waals surface area contributed by atoms with Crippen LogP contribution >= 0.6 is 11.6 Å². The maximum Gasteiger partial charge on any atom is 0.0438 e. The van der Waals surface area contributed by atoms with Gasteiger partial charge in [0.2, 0.25) is 0 Å². The van der Waals surface area contributed by atoms with Crippen molar-refractivity contribution in [1.29, 1.82) is 0 Å². The van der Waals surface area contributed by atoms with E-state index in [4.69, 9.17) is 17.3 Å². The predicted octanol–water partition coefficient (Wildman–Crippen LogP) is 4.72. The molecular weight excluding hydrogens is 242 g/mol. The summed E-state index contributed by atoms with van der Waals surface area (Å²) in [6.45, 7) is 6.72. The van der Waals surface area contributed by atoms with Crippen molar-refractivity contribution in [3.8, 4) is 0 Å². The van der Waals surface area contributed by atoms with Crippen LogP contribution in [0.25, 0.3) is 0 Å². The van der Waals surface area contributed by atoms with Gasteiger partial charge >= 0.3 is 0 Å². The van der Waals surface area contributed by atoms with Crippen molar-refractivity contribution in [2.45, 2.75) is 46.1 Å². The second-order valence-corrected chi connectivity index (χ2v) is 6.62. The summed E-state index contributed by atoms with van der Waals surface area (Å²) in [7, 11) is 0. The molecule has 2 rings (SSSR count). The van der Waals surface area contributed by atoms with Crippen LogP contribution in [0.1, 0.15) is 50.3 Å². The molecule has 0 heterocycles. The fourth-order valence-corrected chi connectivity index (χ4v) is 3.58. The van der Waals surface area contributed by atoms with Gasteiger partial charge in [0, 0.05) is 11.1 Å². The van der Waals surface area contributed by atoms with E-state index in [1.54, 1.807) is 0 Å². The molecule has 2 N–H and O–H groups in total. The monoisotopic (exact) mass is 265 g/mol. The Hall–Kier alpha value is -0.530. The highest BCUT2D eigenvalue weighted by molar-refractivity contribution is 6.31. The van der Waals surface area contributed by atoms with E-state index in [0.717, 1.165) is 22.4 Å². The molecule has 1 aromatic carbocycles. The average molecular weight is 266 g/mol. The van der Waals surface area contributed by atoms with Gasteiger partial charge in [-0.2, -0.15) is 0 Å². The molecule has 0 amide bonds. The number of nitrogens with two attached hydrogens (primary N) is 1. The van der Waals surface area contributed by atoms with Gasteiger partial charge in [0.1, 0.15) is 0 Å². The summed E-state index contributed by atoms with van der Waals surface area (Å²) in [6, 6.07) is 6.39. The van der Waals surface area contributed by atoms with Crippen molar-refractivity contribution in [2.75, 3.05) is 0 Å². The van der Waals surface area contributed by atoms with Gasteiger partial charge in [-0.05, 0) is 61.1 Å². The lowest BCUT2D eigenvalue weighted by Gasteiger charge is -2.35. The van der Waals surface area contributed by atoms with Crippen molar-refractivity contribution in [1.82, 2.24) is 0 Å². The topological polar surface area (TPSA) is 26.0 Å². The molecule has 1 aromatic rings. The highest BCUT2D eigenvalue weighted by Gasteiger charge is 2.28. The Morgan fingerprint density at radius 3 is 2.33 bits per heavy atom. The zero-order valence-electron chi connectivity index (χ0n) is 11.6. The Morgan fingerprint density at radius 1 is 1.17 bits per heavy atom. The lowest BCUT2D eigenvalue weighted by molar-refractivity contribution is 0.193. The van der Waals surface area contributed by atoms with Crippen LogP contribution in [0.2, 0.25) is 5.02 Å². The van der Waals surface area contributed by atoms with Crippen LogP contribution in [0.5, 0.6) is 0 Å². The first-order valence-corrected chi connectivity index (χ1v) is 7.36. The Bertz CT molecular complexity index is 406. The quantitative estimate of drug-likeness (QED) is 0.823. The Labute approximate surface area is 116 Å². The largest absolute Gasteiger partial charge is 0.324 e. The van der Waals surface area contributed by atoms with Gasteiger partial charge in [0.05, 0.1) is 0 Å². The van der Waals surface area contributed by atoms with Gasteiger partial charge in [0.15, 0.2) is 0 Å². The first-order valence-electron chi connectivity index (χ1n) is 6.99. The fraction of sp³-hybridized carbons (Fsp3) is 0.625. The van der Waals surface area contributed by atoms with Gasteiger partial charge in [0.25, 0.3) is 0 Å². The second kappa shape index (κ2) is 5.63. The Balaban J connectivity index is 2.14. The molecule has 0 spiro atoms. The van der Waals surface area contributed by atoms with E-state index in [9.17, 15) is 0 Å². The standard InChI is InChI=1S/C16H24ClN/c1-10-6-11(2)8-14(7-10)16(18)13-5-4-12(3)15(17)9-13/h4-5,9-11,14,16H,6-8,18H2,1-3H3. The highest BCUT2D eigenvalue weighted by atomic mass is 35.5. The molecule has 3 unspecified atom stereocenters. The first kappa shape index (κ1) is 13.9. The third-order valence-corrected chi connectivity index (χ3v) is 4.71. The molecule has 0 saturated heterocycles. The summed E-state index contributed by atoms with van der Waals surface area (Å²) in [4.78, 5) is 0. The van der Waals surface area contributed by atoms with E-state index < -0.39 is 0 Å². The van der Waals surface area contributed by atoms with Crippen LogP contribution < -0.4 is 5.73 Å². The van der Waals surface area contributed by atoms with Crippen molar-refractivity contribution in [3.63, 3.8) is 0 Å². The van der Waals surface area contributed by atoms with Crippen LogP contribution in [0.4, 0.5) is 0 Å². The maximum absolute atomic E-state index is 6.45. The second-order valence-electron chi connectivity index (χ2n) is 6.21. The van der Waals surface area contributed by atoms with Crippen LogP contribution in [0.15, 0.2) is 18.2 Å². The average Bonchev–Trinajstić information content (AvgIpc) is 2.30. The summed E-state index contributed by atoms with van der Waals surface area (Å²) in [5, 5.41) is 0.833. The molecule has 0 aromatic heterocycles. The van der Waals surface area contributed by atoms with Gasteiger partial charge in [-0.15, -0.1) is 0 Å². The van der Waals surface area contributed by atoms with E-state index in [1.165, 1.54) is 24.8 Å². The van der Waals surface area contributed by atoms with Crippen LogP contribution in [0, 0.1) is 24.7 Å². The fourth-order valence-electron chi connectivity index (χ4n) is 3.39. The molecule has 100 valence electrons. The number of benzene rings is 1. The number of hydrogen-bond donors (Lipinski definition) is 1. The third-order valence-electron chi connectivity index (χ3n) is 4.30. The van der Waals surface area contributed by atoms with E-state index in [0.29, 0.717) is 5.92 Å². The molecular formula is C16H24ClN.